The van der Waals surface area contributed by atoms with Crippen molar-refractivity contribution >= 4 is 32.8 Å². The Hall–Kier alpha value is -2.98. The van der Waals surface area contributed by atoms with E-state index in [0.29, 0.717) is 11.3 Å². The van der Waals surface area contributed by atoms with Crippen LogP contribution in [0.1, 0.15) is 15.9 Å². The third-order valence-corrected chi connectivity index (χ3v) is 4.84. The summed E-state index contributed by atoms with van der Waals surface area (Å²) in [7, 11) is 0. The Bertz CT molecular complexity index is 1120. The van der Waals surface area contributed by atoms with Crippen LogP contribution in [0.2, 0.25) is 0 Å². The molecule has 0 saturated carbocycles. The van der Waals surface area contributed by atoms with E-state index in [1.54, 1.807) is 18.2 Å². The minimum atomic E-state index is -0.399. The molecule has 0 bridgehead atoms. The SMILES string of the molecule is Cc1ccc(-c2cc(C(=O)Oc3ccc(Br)cc3)c3ccccc3n2)cc1. The summed E-state index contributed by atoms with van der Waals surface area (Å²) in [5.41, 5.74) is 4.15. The number of carbonyl (C=O) groups is 1. The first-order valence-electron chi connectivity index (χ1n) is 8.55. The molecule has 1 aromatic heterocycles. The molecule has 0 aliphatic rings. The Kier molecular flexibility index (Phi) is 4.73. The van der Waals surface area contributed by atoms with Gasteiger partial charge in [-0.15, -0.1) is 0 Å². The van der Waals surface area contributed by atoms with Crippen LogP contribution in [0.25, 0.3) is 22.2 Å². The Labute approximate surface area is 165 Å². The number of fused-ring (bicyclic) bond motifs is 1. The first kappa shape index (κ1) is 17.4. The van der Waals surface area contributed by atoms with Gasteiger partial charge in [-0.05, 0) is 43.3 Å². The van der Waals surface area contributed by atoms with Crippen LogP contribution in [0.3, 0.4) is 0 Å². The lowest BCUT2D eigenvalue weighted by molar-refractivity contribution is 0.0737. The number of halogens is 1. The van der Waals surface area contributed by atoms with Gasteiger partial charge in [-0.2, -0.15) is 0 Å². The van der Waals surface area contributed by atoms with Crippen molar-refractivity contribution in [1.29, 1.82) is 0 Å². The van der Waals surface area contributed by atoms with Gasteiger partial charge in [0.05, 0.1) is 16.8 Å². The maximum Gasteiger partial charge on any atom is 0.344 e. The summed E-state index contributed by atoms with van der Waals surface area (Å²) in [5, 5.41) is 0.774. The Morgan fingerprint density at radius 2 is 1.63 bits per heavy atom. The Morgan fingerprint density at radius 3 is 2.37 bits per heavy atom. The van der Waals surface area contributed by atoms with Gasteiger partial charge >= 0.3 is 5.97 Å². The molecule has 1 heterocycles. The zero-order chi connectivity index (χ0) is 18.8. The fourth-order valence-corrected chi connectivity index (χ4v) is 3.15. The van der Waals surface area contributed by atoms with Crippen LogP contribution in [0.5, 0.6) is 5.75 Å². The summed E-state index contributed by atoms with van der Waals surface area (Å²) in [5.74, 6) is 0.102. The number of ether oxygens (including phenoxy) is 1. The third kappa shape index (κ3) is 3.76. The fraction of sp³-hybridized carbons (Fsp3) is 0.0435. The monoisotopic (exact) mass is 417 g/mol. The molecule has 0 fully saturated rings. The molecule has 0 radical (unpaired) electrons. The van der Waals surface area contributed by atoms with Crippen molar-refractivity contribution < 1.29 is 9.53 Å². The topological polar surface area (TPSA) is 39.2 Å². The van der Waals surface area contributed by atoms with E-state index in [2.05, 4.69) is 15.9 Å². The third-order valence-electron chi connectivity index (χ3n) is 4.31. The standard InChI is InChI=1S/C23H16BrNO2/c1-15-6-8-16(9-7-15)22-14-20(19-4-2-3-5-21(19)25-22)23(26)27-18-12-10-17(24)11-13-18/h2-14H,1H3. The number of rotatable bonds is 3. The van der Waals surface area contributed by atoms with Gasteiger partial charge < -0.3 is 4.74 Å². The smallest absolute Gasteiger partial charge is 0.344 e. The predicted molar refractivity (Wildman–Crippen MR) is 111 cm³/mol. The maximum atomic E-state index is 12.9. The lowest BCUT2D eigenvalue weighted by Gasteiger charge is -2.10. The van der Waals surface area contributed by atoms with Crippen molar-refractivity contribution in [2.45, 2.75) is 6.92 Å². The second kappa shape index (κ2) is 7.33. The van der Waals surface area contributed by atoms with E-state index >= 15 is 0 Å². The molecule has 27 heavy (non-hydrogen) atoms. The molecule has 0 spiro atoms. The number of para-hydroxylation sites is 1. The van der Waals surface area contributed by atoms with Gasteiger partial charge in [-0.25, -0.2) is 9.78 Å². The number of benzene rings is 3. The van der Waals surface area contributed by atoms with E-state index in [0.717, 1.165) is 26.6 Å². The Morgan fingerprint density at radius 1 is 0.926 bits per heavy atom. The van der Waals surface area contributed by atoms with Crippen LogP contribution < -0.4 is 4.74 Å². The second-order valence-corrected chi connectivity index (χ2v) is 7.20. The molecule has 4 aromatic rings. The molecule has 0 aliphatic heterocycles. The molecular weight excluding hydrogens is 402 g/mol. The summed E-state index contributed by atoms with van der Waals surface area (Å²) in [6, 6.07) is 24.7. The summed E-state index contributed by atoms with van der Waals surface area (Å²) in [6.45, 7) is 2.04. The molecule has 132 valence electrons. The van der Waals surface area contributed by atoms with Gasteiger partial charge in [0.1, 0.15) is 5.75 Å². The van der Waals surface area contributed by atoms with Gasteiger partial charge in [0.15, 0.2) is 0 Å². The lowest BCUT2D eigenvalue weighted by Crippen LogP contribution is -2.10. The highest BCUT2D eigenvalue weighted by Gasteiger charge is 2.16. The van der Waals surface area contributed by atoms with Crippen molar-refractivity contribution in [2.24, 2.45) is 0 Å². The number of esters is 1. The van der Waals surface area contributed by atoms with E-state index in [1.807, 2.05) is 67.6 Å². The van der Waals surface area contributed by atoms with Gasteiger partial charge in [0.2, 0.25) is 0 Å². The van der Waals surface area contributed by atoms with Crippen LogP contribution in [-0.4, -0.2) is 11.0 Å². The molecule has 0 aliphatic carbocycles. The van der Waals surface area contributed by atoms with Gasteiger partial charge in [-0.1, -0.05) is 64.0 Å². The van der Waals surface area contributed by atoms with Gasteiger partial charge in [0.25, 0.3) is 0 Å². The molecule has 4 heteroatoms. The first-order valence-corrected chi connectivity index (χ1v) is 9.34. The fourth-order valence-electron chi connectivity index (χ4n) is 2.88. The minimum absolute atomic E-state index is 0.399. The summed E-state index contributed by atoms with van der Waals surface area (Å²) < 4.78 is 6.51. The number of aryl methyl sites for hydroxylation is 1. The van der Waals surface area contributed by atoms with Crippen molar-refractivity contribution in [1.82, 2.24) is 4.98 Å². The normalized spacial score (nSPS) is 10.7. The van der Waals surface area contributed by atoms with Gasteiger partial charge in [0, 0.05) is 15.4 Å². The Balaban J connectivity index is 1.79. The molecule has 0 saturated heterocycles. The van der Waals surface area contributed by atoms with Crippen LogP contribution in [0, 0.1) is 6.92 Å². The van der Waals surface area contributed by atoms with E-state index in [9.17, 15) is 4.79 Å². The second-order valence-electron chi connectivity index (χ2n) is 6.28. The molecule has 4 rings (SSSR count). The number of hydrogen-bond acceptors (Lipinski definition) is 3. The van der Waals surface area contributed by atoms with Crippen LogP contribution in [-0.2, 0) is 0 Å². The lowest BCUT2D eigenvalue weighted by atomic mass is 10.0. The average molecular weight is 418 g/mol. The molecular formula is C23H16BrNO2. The van der Waals surface area contributed by atoms with Crippen LogP contribution >= 0.6 is 15.9 Å². The zero-order valence-electron chi connectivity index (χ0n) is 14.6. The highest BCUT2D eigenvalue weighted by atomic mass is 79.9. The first-order chi connectivity index (χ1) is 13.1. The van der Waals surface area contributed by atoms with E-state index in [-0.39, 0.29) is 0 Å². The molecule has 3 nitrogen and oxygen atoms in total. The predicted octanol–water partition coefficient (Wildman–Crippen LogP) is 6.19. The molecule has 0 unspecified atom stereocenters. The summed E-state index contributed by atoms with van der Waals surface area (Å²) >= 11 is 3.38. The number of hydrogen-bond donors (Lipinski definition) is 0. The molecule has 3 aromatic carbocycles. The molecule has 0 atom stereocenters. The van der Waals surface area contributed by atoms with Crippen LogP contribution in [0.15, 0.2) is 83.3 Å². The maximum absolute atomic E-state index is 12.9. The quantitative estimate of drug-likeness (QED) is 0.294. The van der Waals surface area contributed by atoms with E-state index < -0.39 is 5.97 Å². The van der Waals surface area contributed by atoms with Crippen molar-refractivity contribution in [3.8, 4) is 17.0 Å². The summed E-state index contributed by atoms with van der Waals surface area (Å²) in [6.07, 6.45) is 0. The van der Waals surface area contributed by atoms with Crippen LogP contribution in [0.4, 0.5) is 0 Å². The largest absolute Gasteiger partial charge is 0.423 e. The minimum Gasteiger partial charge on any atom is -0.423 e. The summed E-state index contributed by atoms with van der Waals surface area (Å²) in [4.78, 5) is 17.6. The number of nitrogens with zero attached hydrogens (tertiary/aromatic N) is 1. The van der Waals surface area contributed by atoms with E-state index in [4.69, 9.17) is 9.72 Å². The molecule has 0 N–H and O–H groups in total. The van der Waals surface area contributed by atoms with Crippen molar-refractivity contribution in [2.75, 3.05) is 0 Å². The van der Waals surface area contributed by atoms with Crippen molar-refractivity contribution in [3.63, 3.8) is 0 Å². The van der Waals surface area contributed by atoms with Gasteiger partial charge in [-0.3, -0.25) is 0 Å². The molecule has 0 amide bonds. The highest BCUT2D eigenvalue weighted by Crippen LogP contribution is 2.26. The van der Waals surface area contributed by atoms with Crippen molar-refractivity contribution in [3.05, 3.63) is 94.5 Å². The average Bonchev–Trinajstić information content (AvgIpc) is 2.69. The zero-order valence-corrected chi connectivity index (χ0v) is 16.2. The highest BCUT2D eigenvalue weighted by molar-refractivity contribution is 9.10. The number of carbonyl (C=O) groups excluding carboxylic acids is 1. The van der Waals surface area contributed by atoms with E-state index in [1.165, 1.54) is 5.56 Å². The number of pyridine rings is 1. The number of aromatic nitrogens is 1.